The lowest BCUT2D eigenvalue weighted by atomic mass is 10.0. The van der Waals surface area contributed by atoms with Gasteiger partial charge in [0.15, 0.2) is 0 Å². The molecule has 1 heterocycles. The van der Waals surface area contributed by atoms with Crippen LogP contribution in [0.5, 0.6) is 0 Å². The van der Waals surface area contributed by atoms with E-state index in [2.05, 4.69) is 4.99 Å². The molecule has 0 spiro atoms. The first kappa shape index (κ1) is 21.7. The Kier molecular flexibility index (Phi) is 6.31. The number of carbonyl (C=O) groups is 2. The molecule has 1 aromatic carbocycles. The Labute approximate surface area is 161 Å². The number of dihydropyridines is 1. The summed E-state index contributed by atoms with van der Waals surface area (Å²) in [5, 5.41) is 0. The number of nitrogens with zero attached hydrogens (tertiary/aromatic N) is 2. The smallest absolute Gasteiger partial charge is 0.416 e. The van der Waals surface area contributed by atoms with E-state index in [1.165, 1.54) is 24.0 Å². The second-order valence-electron chi connectivity index (χ2n) is 7.54. The number of hydrogen-bond acceptors (Lipinski definition) is 4. The number of benzene rings is 1. The minimum atomic E-state index is -4.43. The van der Waals surface area contributed by atoms with Crippen molar-refractivity contribution in [1.82, 2.24) is 4.90 Å². The van der Waals surface area contributed by atoms with Crippen LogP contribution in [0.25, 0.3) is 0 Å². The number of rotatable bonds is 3. The van der Waals surface area contributed by atoms with E-state index in [1.54, 1.807) is 32.9 Å². The molecule has 1 amide bonds. The maximum absolute atomic E-state index is 12.7. The summed E-state index contributed by atoms with van der Waals surface area (Å²) in [7, 11) is 0. The Morgan fingerprint density at radius 3 is 2.21 bits per heavy atom. The van der Waals surface area contributed by atoms with Gasteiger partial charge in [0, 0.05) is 0 Å². The van der Waals surface area contributed by atoms with Crippen molar-refractivity contribution < 1.29 is 27.5 Å². The van der Waals surface area contributed by atoms with Crippen LogP contribution in [0.3, 0.4) is 0 Å². The molecule has 28 heavy (non-hydrogen) atoms. The van der Waals surface area contributed by atoms with E-state index in [9.17, 15) is 22.8 Å². The van der Waals surface area contributed by atoms with Gasteiger partial charge in [-0.15, -0.1) is 0 Å². The first-order chi connectivity index (χ1) is 12.9. The second kappa shape index (κ2) is 8.16. The topological polar surface area (TPSA) is 59.0 Å². The molecule has 8 heteroatoms. The lowest BCUT2D eigenvalue weighted by Gasteiger charge is -2.28. The molecule has 1 aliphatic heterocycles. The predicted octanol–water partition coefficient (Wildman–Crippen LogP) is 4.62. The first-order valence-electron chi connectivity index (χ1n) is 8.76. The molecule has 1 atom stereocenters. The summed E-state index contributed by atoms with van der Waals surface area (Å²) < 4.78 is 43.6. The zero-order valence-corrected chi connectivity index (χ0v) is 16.2. The SMILES string of the molecule is CC(=O)C1C=CC(N(Cc2ccc(C(F)(F)F)cc2)C(=O)OC(C)(C)C)=NC1. The van der Waals surface area contributed by atoms with Crippen LogP contribution in [-0.2, 0) is 22.3 Å². The molecule has 0 N–H and O–H groups in total. The summed E-state index contributed by atoms with van der Waals surface area (Å²) in [6.07, 6.45) is -1.88. The van der Waals surface area contributed by atoms with E-state index in [0.717, 1.165) is 12.1 Å². The van der Waals surface area contributed by atoms with Gasteiger partial charge < -0.3 is 4.74 Å². The van der Waals surface area contributed by atoms with Crippen molar-refractivity contribution in [2.75, 3.05) is 6.54 Å². The number of amidine groups is 1. The van der Waals surface area contributed by atoms with Gasteiger partial charge in [0.05, 0.1) is 24.6 Å². The van der Waals surface area contributed by atoms with Gasteiger partial charge in [0.25, 0.3) is 0 Å². The van der Waals surface area contributed by atoms with Crippen molar-refractivity contribution in [3.63, 3.8) is 0 Å². The fourth-order valence-corrected chi connectivity index (χ4v) is 2.48. The lowest BCUT2D eigenvalue weighted by molar-refractivity contribution is -0.137. The summed E-state index contributed by atoms with van der Waals surface area (Å²) in [6.45, 7) is 6.79. The Hall–Kier alpha value is -2.64. The summed E-state index contributed by atoms with van der Waals surface area (Å²) in [5.74, 6) is -0.0902. The minimum absolute atomic E-state index is 0.0129. The van der Waals surface area contributed by atoms with E-state index in [1.807, 2.05) is 0 Å². The van der Waals surface area contributed by atoms with Crippen molar-refractivity contribution in [2.24, 2.45) is 10.9 Å². The highest BCUT2D eigenvalue weighted by atomic mass is 19.4. The fourth-order valence-electron chi connectivity index (χ4n) is 2.48. The highest BCUT2D eigenvalue weighted by molar-refractivity contribution is 6.03. The third-order valence-corrected chi connectivity index (χ3v) is 3.96. The largest absolute Gasteiger partial charge is 0.443 e. The van der Waals surface area contributed by atoms with E-state index in [0.29, 0.717) is 11.4 Å². The molecule has 0 fully saturated rings. The van der Waals surface area contributed by atoms with Gasteiger partial charge in [-0.05, 0) is 51.5 Å². The van der Waals surface area contributed by atoms with Crippen LogP contribution in [0, 0.1) is 5.92 Å². The number of carbonyl (C=O) groups excluding carboxylic acids is 2. The van der Waals surface area contributed by atoms with E-state index in [4.69, 9.17) is 4.74 Å². The van der Waals surface area contributed by atoms with Crippen LogP contribution >= 0.6 is 0 Å². The highest BCUT2D eigenvalue weighted by Crippen LogP contribution is 2.29. The number of amides is 1. The normalized spacial score (nSPS) is 17.1. The van der Waals surface area contributed by atoms with Crippen LogP contribution in [0.4, 0.5) is 18.0 Å². The van der Waals surface area contributed by atoms with Gasteiger partial charge in [0.1, 0.15) is 17.2 Å². The molecule has 0 saturated carbocycles. The summed E-state index contributed by atoms with van der Waals surface area (Å²) >= 11 is 0. The monoisotopic (exact) mass is 396 g/mol. The highest BCUT2D eigenvalue weighted by Gasteiger charge is 2.31. The maximum Gasteiger partial charge on any atom is 0.416 e. The van der Waals surface area contributed by atoms with Crippen molar-refractivity contribution in [3.8, 4) is 0 Å². The van der Waals surface area contributed by atoms with Gasteiger partial charge in [0.2, 0.25) is 0 Å². The first-order valence-corrected chi connectivity index (χ1v) is 8.76. The van der Waals surface area contributed by atoms with Gasteiger partial charge in [-0.25, -0.2) is 4.79 Å². The number of halogens is 3. The van der Waals surface area contributed by atoms with Crippen LogP contribution in [0.2, 0.25) is 0 Å². The Balaban J connectivity index is 2.25. The van der Waals surface area contributed by atoms with E-state index < -0.39 is 23.4 Å². The number of alkyl halides is 3. The average Bonchev–Trinajstić information content (AvgIpc) is 2.58. The number of hydrogen-bond donors (Lipinski definition) is 0. The van der Waals surface area contributed by atoms with Crippen LogP contribution in [0.1, 0.15) is 38.8 Å². The summed E-state index contributed by atoms with van der Waals surface area (Å²) in [6, 6.07) is 4.55. The molecule has 0 bridgehead atoms. The maximum atomic E-state index is 12.7. The summed E-state index contributed by atoms with van der Waals surface area (Å²) in [4.78, 5) is 29.7. The molecular weight excluding hydrogens is 373 g/mol. The Bertz CT molecular complexity index is 790. The fraction of sp³-hybridized carbons (Fsp3) is 0.450. The zero-order valence-electron chi connectivity index (χ0n) is 16.2. The predicted molar refractivity (Wildman–Crippen MR) is 98.8 cm³/mol. The Morgan fingerprint density at radius 2 is 1.79 bits per heavy atom. The molecule has 1 unspecified atom stereocenters. The van der Waals surface area contributed by atoms with Gasteiger partial charge in [-0.3, -0.25) is 14.7 Å². The zero-order chi connectivity index (χ0) is 21.1. The molecule has 1 aromatic rings. The number of Topliss-reactive ketones (excluding diaryl/α,β-unsaturated/α-hetero) is 1. The van der Waals surface area contributed by atoms with Gasteiger partial charge in [-0.1, -0.05) is 18.2 Å². The molecule has 1 aliphatic rings. The van der Waals surface area contributed by atoms with Crippen LogP contribution in [-0.4, -0.2) is 34.8 Å². The van der Waals surface area contributed by atoms with Gasteiger partial charge >= 0.3 is 12.3 Å². The van der Waals surface area contributed by atoms with Crippen molar-refractivity contribution in [2.45, 2.75) is 46.0 Å². The van der Waals surface area contributed by atoms with Gasteiger partial charge in [-0.2, -0.15) is 13.2 Å². The number of ether oxygens (including phenoxy) is 1. The van der Waals surface area contributed by atoms with Crippen LogP contribution < -0.4 is 0 Å². The minimum Gasteiger partial charge on any atom is -0.443 e. The third-order valence-electron chi connectivity index (χ3n) is 3.96. The Morgan fingerprint density at radius 1 is 1.18 bits per heavy atom. The number of aliphatic imine (C=N–C) groups is 1. The lowest BCUT2D eigenvalue weighted by Crippen LogP contribution is -2.41. The standard InChI is InChI=1S/C20H23F3N2O3/c1-13(26)15-7-10-17(24-11-15)25(18(27)28-19(2,3)4)12-14-5-8-16(9-6-14)20(21,22)23/h5-10,15H,11-12H2,1-4H3. The van der Waals surface area contributed by atoms with E-state index in [-0.39, 0.29) is 24.8 Å². The average molecular weight is 396 g/mol. The van der Waals surface area contributed by atoms with E-state index >= 15 is 0 Å². The van der Waals surface area contributed by atoms with Crippen LogP contribution in [0.15, 0.2) is 41.4 Å². The molecule has 5 nitrogen and oxygen atoms in total. The number of ketones is 1. The third kappa shape index (κ3) is 5.94. The molecule has 0 saturated heterocycles. The second-order valence-corrected chi connectivity index (χ2v) is 7.54. The van der Waals surface area contributed by atoms with Crippen molar-refractivity contribution in [1.29, 1.82) is 0 Å². The molecule has 0 aromatic heterocycles. The quantitative estimate of drug-likeness (QED) is 0.749. The van der Waals surface area contributed by atoms with Crippen molar-refractivity contribution >= 4 is 17.7 Å². The molecule has 0 aliphatic carbocycles. The molecular formula is C20H23F3N2O3. The summed E-state index contributed by atoms with van der Waals surface area (Å²) in [5.41, 5.74) is -1.03. The molecule has 152 valence electrons. The van der Waals surface area contributed by atoms with Crippen molar-refractivity contribution in [3.05, 3.63) is 47.5 Å². The molecule has 0 radical (unpaired) electrons. The molecule has 2 rings (SSSR count).